The first kappa shape index (κ1) is 8.40. The Morgan fingerprint density at radius 2 is 1.38 bits per heavy atom. The van der Waals surface area contributed by atoms with E-state index in [0.29, 0.717) is 0 Å². The molecule has 0 aromatic rings. The fourth-order valence-electron chi connectivity index (χ4n) is 2.25. The molecule has 0 spiro atoms. The van der Waals surface area contributed by atoms with Crippen molar-refractivity contribution in [1.29, 1.82) is 0 Å². The maximum Gasteiger partial charge on any atom is 0.315 e. The molecule has 0 aromatic heterocycles. The van der Waals surface area contributed by atoms with Gasteiger partial charge in [0.05, 0.1) is 0 Å². The van der Waals surface area contributed by atoms with E-state index in [1.54, 1.807) is 0 Å². The van der Waals surface area contributed by atoms with Crippen LogP contribution in [0.2, 0.25) is 0 Å². The first-order valence-corrected chi connectivity index (χ1v) is 3.65. The van der Waals surface area contributed by atoms with Crippen LogP contribution in [0.5, 0.6) is 0 Å². The summed E-state index contributed by atoms with van der Waals surface area (Å²) in [6.07, 6.45) is -4.62. The predicted octanol–water partition coefficient (Wildman–Crippen LogP) is 0.222. The van der Waals surface area contributed by atoms with Crippen molar-refractivity contribution in [3.63, 3.8) is 0 Å². The molecule has 0 unspecified atom stereocenters. The molecule has 2 bridgehead atoms. The number of alkyl halides is 2. The molecule has 0 saturated heterocycles. The molecule has 0 aliphatic heterocycles. The van der Waals surface area contributed by atoms with Gasteiger partial charge in [0.25, 0.3) is 0 Å². The van der Waals surface area contributed by atoms with Gasteiger partial charge in [0.1, 0.15) is 23.2 Å². The number of aliphatic carboxylic acids is 2. The number of carbonyl (C=O) groups is 2. The molecule has 0 heterocycles. The van der Waals surface area contributed by atoms with Crippen LogP contribution in [0.3, 0.4) is 0 Å². The lowest BCUT2D eigenvalue weighted by Gasteiger charge is -2.69. The lowest BCUT2D eigenvalue weighted by molar-refractivity contribution is -0.319. The average molecular weight is 192 g/mol. The van der Waals surface area contributed by atoms with Crippen molar-refractivity contribution in [2.45, 2.75) is 18.8 Å². The summed E-state index contributed by atoms with van der Waals surface area (Å²) in [4.78, 5) is 20.9. The van der Waals surface area contributed by atoms with Crippen molar-refractivity contribution in [1.82, 2.24) is 0 Å². The van der Waals surface area contributed by atoms with Crippen molar-refractivity contribution >= 4 is 11.9 Å². The average Bonchev–Trinajstić information content (AvgIpc) is 1.99. The Kier molecular flexibility index (Phi) is 1.18. The van der Waals surface area contributed by atoms with Crippen LogP contribution >= 0.6 is 0 Å². The zero-order valence-electron chi connectivity index (χ0n) is 6.33. The highest BCUT2D eigenvalue weighted by Gasteiger charge is 2.92. The minimum Gasteiger partial charge on any atom is -0.481 e. The van der Waals surface area contributed by atoms with E-state index >= 15 is 0 Å². The van der Waals surface area contributed by atoms with E-state index in [1.807, 2.05) is 0 Å². The number of halogens is 2. The summed E-state index contributed by atoms with van der Waals surface area (Å²) in [5.41, 5.74) is -4.14. The lowest BCUT2D eigenvalue weighted by atomic mass is 9.32. The Morgan fingerprint density at radius 1 is 1.08 bits per heavy atom. The largest absolute Gasteiger partial charge is 0.481 e. The lowest BCUT2D eigenvalue weighted by Crippen LogP contribution is -2.86. The highest BCUT2D eigenvalue weighted by Crippen LogP contribution is 2.75. The Bertz CT molecular complexity index is 276. The van der Waals surface area contributed by atoms with E-state index < -0.39 is 41.5 Å². The molecular weight excluding hydrogens is 186 g/mol. The van der Waals surface area contributed by atoms with Crippen molar-refractivity contribution in [2.75, 3.05) is 0 Å². The zero-order chi connectivity index (χ0) is 10.0. The summed E-state index contributed by atoms with van der Waals surface area (Å²) in [7, 11) is 0. The van der Waals surface area contributed by atoms with Gasteiger partial charge in [0.15, 0.2) is 0 Å². The van der Waals surface area contributed by atoms with Crippen LogP contribution in [0.4, 0.5) is 8.78 Å². The smallest absolute Gasteiger partial charge is 0.315 e. The molecule has 3 saturated carbocycles. The van der Waals surface area contributed by atoms with Crippen LogP contribution in [0, 0.1) is 10.8 Å². The van der Waals surface area contributed by atoms with E-state index in [2.05, 4.69) is 0 Å². The third kappa shape index (κ3) is 0.502. The van der Waals surface area contributed by atoms with Crippen molar-refractivity contribution in [3.8, 4) is 0 Å². The highest BCUT2D eigenvalue weighted by atomic mass is 19.2. The molecule has 3 aliphatic carbocycles. The molecule has 13 heavy (non-hydrogen) atoms. The molecule has 0 radical (unpaired) electrons. The molecule has 0 amide bonds. The zero-order valence-corrected chi connectivity index (χ0v) is 6.33. The maximum atomic E-state index is 13.0. The maximum absolute atomic E-state index is 13.0. The summed E-state index contributed by atoms with van der Waals surface area (Å²) >= 11 is 0. The molecule has 4 nitrogen and oxygen atoms in total. The second-order valence-corrected chi connectivity index (χ2v) is 3.59. The fraction of sp³-hybridized carbons (Fsp3) is 0.714. The van der Waals surface area contributed by atoms with Gasteiger partial charge in [0.2, 0.25) is 0 Å². The first-order chi connectivity index (χ1) is 5.90. The van der Waals surface area contributed by atoms with Gasteiger partial charge in [0, 0.05) is 0 Å². The summed E-state index contributed by atoms with van der Waals surface area (Å²) in [5.74, 6) is -3.17. The van der Waals surface area contributed by atoms with Crippen LogP contribution in [0.1, 0.15) is 6.42 Å². The van der Waals surface area contributed by atoms with Gasteiger partial charge in [-0.05, 0) is 6.42 Å². The van der Waals surface area contributed by atoms with E-state index in [1.165, 1.54) is 0 Å². The molecular formula is C7H6F2O4. The number of hydrogen-bond acceptors (Lipinski definition) is 2. The number of carboxylic acid groups (broad SMARTS) is 2. The summed E-state index contributed by atoms with van der Waals surface area (Å²) in [5, 5.41) is 17.0. The third-order valence-electron chi connectivity index (χ3n) is 3.19. The van der Waals surface area contributed by atoms with Crippen LogP contribution in [0.25, 0.3) is 0 Å². The Morgan fingerprint density at radius 3 is 1.54 bits per heavy atom. The number of rotatable bonds is 2. The summed E-state index contributed by atoms with van der Waals surface area (Å²) in [6.45, 7) is 0. The molecule has 3 aliphatic rings. The topological polar surface area (TPSA) is 74.6 Å². The van der Waals surface area contributed by atoms with Crippen molar-refractivity contribution in [3.05, 3.63) is 0 Å². The standard InChI is InChI=1S/C7H6F2O4/c8-2-6(4(10)11)1-7(2,3(6)9)5(12)13/h2-3H,1H2,(H,10,11)(H,12,13). The number of carboxylic acids is 2. The molecule has 72 valence electrons. The van der Waals surface area contributed by atoms with E-state index in [4.69, 9.17) is 10.2 Å². The van der Waals surface area contributed by atoms with Gasteiger partial charge in [-0.15, -0.1) is 0 Å². The highest BCUT2D eigenvalue weighted by molar-refractivity contribution is 5.93. The monoisotopic (exact) mass is 192 g/mol. The van der Waals surface area contributed by atoms with Crippen LogP contribution < -0.4 is 0 Å². The van der Waals surface area contributed by atoms with E-state index in [0.717, 1.165) is 0 Å². The normalized spacial score (nSPS) is 51.8. The molecule has 2 N–H and O–H groups in total. The quantitative estimate of drug-likeness (QED) is 0.656. The summed E-state index contributed by atoms with van der Waals surface area (Å²) < 4.78 is 26.0. The van der Waals surface area contributed by atoms with Gasteiger partial charge < -0.3 is 10.2 Å². The van der Waals surface area contributed by atoms with Crippen LogP contribution in [-0.2, 0) is 9.59 Å². The molecule has 6 heteroatoms. The van der Waals surface area contributed by atoms with Gasteiger partial charge >= 0.3 is 11.9 Å². The Labute approximate surface area is 71.2 Å². The van der Waals surface area contributed by atoms with Crippen molar-refractivity contribution in [2.24, 2.45) is 10.8 Å². The van der Waals surface area contributed by atoms with Crippen molar-refractivity contribution < 1.29 is 28.6 Å². The SMILES string of the molecule is O=C(O)C12CC(C(=O)O)(C1F)C2F. The van der Waals surface area contributed by atoms with E-state index in [9.17, 15) is 18.4 Å². The first-order valence-electron chi connectivity index (χ1n) is 3.65. The molecule has 3 rings (SSSR count). The van der Waals surface area contributed by atoms with Crippen LogP contribution in [0.15, 0.2) is 0 Å². The Hall–Kier alpha value is -1.20. The second kappa shape index (κ2) is 1.83. The molecule has 0 atom stereocenters. The van der Waals surface area contributed by atoms with Gasteiger partial charge in [-0.25, -0.2) is 8.78 Å². The second-order valence-electron chi connectivity index (χ2n) is 3.59. The summed E-state index contributed by atoms with van der Waals surface area (Å²) in [6, 6.07) is 0. The third-order valence-corrected chi connectivity index (χ3v) is 3.19. The minimum absolute atomic E-state index is 0.438. The van der Waals surface area contributed by atoms with Gasteiger partial charge in [-0.3, -0.25) is 9.59 Å². The Balaban J connectivity index is 2.32. The minimum atomic E-state index is -2.09. The van der Waals surface area contributed by atoms with E-state index in [-0.39, 0.29) is 0 Å². The fourth-order valence-corrected chi connectivity index (χ4v) is 2.25. The van der Waals surface area contributed by atoms with Gasteiger partial charge in [-0.1, -0.05) is 0 Å². The number of hydrogen-bond donors (Lipinski definition) is 2. The molecule has 3 fully saturated rings. The van der Waals surface area contributed by atoms with Crippen LogP contribution in [-0.4, -0.2) is 34.5 Å². The predicted molar refractivity (Wildman–Crippen MR) is 34.5 cm³/mol. The molecule has 0 aromatic carbocycles. The van der Waals surface area contributed by atoms with Gasteiger partial charge in [-0.2, -0.15) is 0 Å².